The lowest BCUT2D eigenvalue weighted by atomic mass is 10.1. The molecule has 1 N–H and O–H groups in total. The van der Waals surface area contributed by atoms with Gasteiger partial charge in [0.1, 0.15) is 18.2 Å². The third-order valence-corrected chi connectivity index (χ3v) is 4.82. The van der Waals surface area contributed by atoms with Crippen LogP contribution in [-0.4, -0.2) is 28.5 Å². The fourth-order valence-corrected chi connectivity index (χ4v) is 3.32. The molecule has 0 bridgehead atoms. The van der Waals surface area contributed by atoms with Crippen molar-refractivity contribution in [1.82, 2.24) is 4.90 Å². The molecule has 3 amide bonds. The number of carbonyl (C=O) groups is 3. The molecule has 5 nitrogen and oxygen atoms in total. The number of nitrogens with zero attached hydrogens (tertiary/aromatic N) is 1. The SMILES string of the molecule is O=C(CN1C(=O)S/C(=C\c2ccc(C(F)(F)F)cc2)C1=O)Nc1ccc(F)cc1F. The number of alkyl halides is 3. The van der Waals surface area contributed by atoms with Crippen LogP contribution >= 0.6 is 11.8 Å². The normalized spacial score (nSPS) is 15.8. The first-order valence-corrected chi connectivity index (χ1v) is 9.04. The Balaban J connectivity index is 1.69. The fourth-order valence-electron chi connectivity index (χ4n) is 2.48. The second kappa shape index (κ2) is 8.27. The number of thioether (sulfide) groups is 1. The minimum Gasteiger partial charge on any atom is -0.322 e. The lowest BCUT2D eigenvalue weighted by Gasteiger charge is -2.12. The highest BCUT2D eigenvalue weighted by atomic mass is 32.2. The van der Waals surface area contributed by atoms with Gasteiger partial charge in [0, 0.05) is 6.07 Å². The molecule has 0 aliphatic carbocycles. The molecule has 1 heterocycles. The van der Waals surface area contributed by atoms with Gasteiger partial charge in [0.2, 0.25) is 5.91 Å². The molecule has 1 aliphatic rings. The molecule has 30 heavy (non-hydrogen) atoms. The Labute approximate surface area is 170 Å². The van der Waals surface area contributed by atoms with Crippen LogP contribution in [0.4, 0.5) is 32.4 Å². The molecule has 0 radical (unpaired) electrons. The van der Waals surface area contributed by atoms with Gasteiger partial charge in [-0.15, -0.1) is 0 Å². The summed E-state index contributed by atoms with van der Waals surface area (Å²) in [4.78, 5) is 37.0. The van der Waals surface area contributed by atoms with E-state index in [1.54, 1.807) is 0 Å². The van der Waals surface area contributed by atoms with Crippen LogP contribution in [0.3, 0.4) is 0 Å². The van der Waals surface area contributed by atoms with Gasteiger partial charge in [0.15, 0.2) is 0 Å². The molecule has 3 rings (SSSR count). The molecule has 0 spiro atoms. The zero-order chi connectivity index (χ0) is 22.1. The minimum absolute atomic E-state index is 0.0829. The first kappa shape index (κ1) is 21.5. The van der Waals surface area contributed by atoms with Crippen LogP contribution in [0.15, 0.2) is 47.4 Å². The maximum Gasteiger partial charge on any atom is 0.416 e. The van der Waals surface area contributed by atoms with Gasteiger partial charge >= 0.3 is 6.18 Å². The Kier molecular flexibility index (Phi) is 5.92. The van der Waals surface area contributed by atoms with Crippen LogP contribution in [0.5, 0.6) is 0 Å². The second-order valence-corrected chi connectivity index (χ2v) is 7.05. The lowest BCUT2D eigenvalue weighted by Crippen LogP contribution is -2.36. The maximum atomic E-state index is 13.6. The van der Waals surface area contributed by atoms with E-state index < -0.39 is 47.0 Å². The topological polar surface area (TPSA) is 66.5 Å². The van der Waals surface area contributed by atoms with Gasteiger partial charge in [-0.05, 0) is 47.7 Å². The van der Waals surface area contributed by atoms with Crippen molar-refractivity contribution in [2.45, 2.75) is 6.18 Å². The first-order valence-electron chi connectivity index (χ1n) is 8.22. The van der Waals surface area contributed by atoms with E-state index in [1.807, 2.05) is 0 Å². The molecule has 1 fully saturated rings. The van der Waals surface area contributed by atoms with Gasteiger partial charge in [-0.2, -0.15) is 13.2 Å². The minimum atomic E-state index is -4.51. The Hall–Kier alpha value is -3.21. The molecule has 0 unspecified atom stereocenters. The van der Waals surface area contributed by atoms with Gasteiger partial charge < -0.3 is 5.32 Å². The van der Waals surface area contributed by atoms with E-state index >= 15 is 0 Å². The number of anilines is 1. The van der Waals surface area contributed by atoms with Gasteiger partial charge in [-0.3, -0.25) is 19.3 Å². The lowest BCUT2D eigenvalue weighted by molar-refractivity contribution is -0.137. The van der Waals surface area contributed by atoms with Crippen LogP contribution in [0, 0.1) is 11.6 Å². The van der Waals surface area contributed by atoms with E-state index in [9.17, 15) is 36.3 Å². The van der Waals surface area contributed by atoms with Gasteiger partial charge in [0.05, 0.1) is 16.2 Å². The number of hydrogen-bond acceptors (Lipinski definition) is 4. The molecule has 1 aliphatic heterocycles. The number of halogens is 5. The van der Waals surface area contributed by atoms with Crippen molar-refractivity contribution in [1.29, 1.82) is 0 Å². The number of hydrogen-bond donors (Lipinski definition) is 1. The Bertz CT molecular complexity index is 1050. The van der Waals surface area contributed by atoms with Crippen molar-refractivity contribution in [3.8, 4) is 0 Å². The number of carbonyl (C=O) groups excluding carboxylic acids is 3. The maximum absolute atomic E-state index is 13.6. The summed E-state index contributed by atoms with van der Waals surface area (Å²) in [7, 11) is 0. The zero-order valence-corrected chi connectivity index (χ0v) is 15.6. The fraction of sp³-hybridized carbons (Fsp3) is 0.105. The molecule has 0 saturated carbocycles. The van der Waals surface area contributed by atoms with Crippen molar-refractivity contribution in [2.24, 2.45) is 0 Å². The van der Waals surface area contributed by atoms with Crippen LogP contribution < -0.4 is 5.32 Å². The number of imide groups is 1. The third-order valence-electron chi connectivity index (χ3n) is 3.92. The van der Waals surface area contributed by atoms with E-state index in [0.29, 0.717) is 22.7 Å². The smallest absolute Gasteiger partial charge is 0.322 e. The van der Waals surface area contributed by atoms with E-state index in [4.69, 9.17) is 0 Å². The van der Waals surface area contributed by atoms with Gasteiger partial charge in [-0.1, -0.05) is 12.1 Å². The quantitative estimate of drug-likeness (QED) is 0.553. The summed E-state index contributed by atoms with van der Waals surface area (Å²) in [5.41, 5.74) is -0.933. The van der Waals surface area contributed by atoms with Gasteiger partial charge in [0.25, 0.3) is 11.1 Å². The highest BCUT2D eigenvalue weighted by Gasteiger charge is 2.36. The summed E-state index contributed by atoms with van der Waals surface area (Å²) in [5.74, 6) is -3.58. The van der Waals surface area contributed by atoms with E-state index in [0.717, 1.165) is 36.4 Å². The highest BCUT2D eigenvalue weighted by Crippen LogP contribution is 2.33. The summed E-state index contributed by atoms with van der Waals surface area (Å²) in [6.45, 7) is -0.716. The predicted molar refractivity (Wildman–Crippen MR) is 99.1 cm³/mol. The van der Waals surface area contributed by atoms with E-state index in [1.165, 1.54) is 6.08 Å². The standard InChI is InChI=1S/C19H11F5N2O3S/c20-12-5-6-14(13(21)8-12)25-16(27)9-26-17(28)15(30-18(26)29)7-10-1-3-11(4-2-10)19(22,23)24/h1-8H,9H2,(H,25,27)/b15-7-. The summed E-state index contributed by atoms with van der Waals surface area (Å²) in [5, 5.41) is 1.36. The van der Waals surface area contributed by atoms with E-state index in [2.05, 4.69) is 5.32 Å². The molecule has 2 aromatic rings. The average Bonchev–Trinajstić information content (AvgIpc) is 2.91. The molecule has 2 aromatic carbocycles. The number of benzene rings is 2. The molecule has 11 heteroatoms. The number of nitrogens with one attached hydrogen (secondary N) is 1. The summed E-state index contributed by atoms with van der Waals surface area (Å²) >= 11 is 0.512. The molecular weight excluding hydrogens is 431 g/mol. The monoisotopic (exact) mass is 442 g/mol. The summed E-state index contributed by atoms with van der Waals surface area (Å²) in [6.07, 6.45) is -3.28. The molecule has 0 aromatic heterocycles. The second-order valence-electron chi connectivity index (χ2n) is 6.06. The van der Waals surface area contributed by atoms with Crippen LogP contribution in [0.2, 0.25) is 0 Å². The summed E-state index contributed by atoms with van der Waals surface area (Å²) < 4.78 is 64.3. The Morgan fingerprint density at radius 3 is 2.33 bits per heavy atom. The number of amides is 3. The van der Waals surface area contributed by atoms with Crippen molar-refractivity contribution >= 4 is 40.6 Å². The van der Waals surface area contributed by atoms with Crippen LogP contribution in [-0.2, 0) is 15.8 Å². The predicted octanol–water partition coefficient (Wildman–Crippen LogP) is 4.66. The van der Waals surface area contributed by atoms with E-state index in [-0.39, 0.29) is 16.2 Å². The molecule has 0 atom stereocenters. The largest absolute Gasteiger partial charge is 0.416 e. The van der Waals surface area contributed by atoms with Crippen molar-refractivity contribution in [3.05, 3.63) is 70.1 Å². The van der Waals surface area contributed by atoms with Crippen LogP contribution in [0.1, 0.15) is 11.1 Å². The van der Waals surface area contributed by atoms with Gasteiger partial charge in [-0.25, -0.2) is 8.78 Å². The first-order chi connectivity index (χ1) is 14.0. The Morgan fingerprint density at radius 2 is 1.73 bits per heavy atom. The number of rotatable bonds is 4. The zero-order valence-electron chi connectivity index (χ0n) is 14.8. The van der Waals surface area contributed by atoms with Crippen molar-refractivity contribution in [3.63, 3.8) is 0 Å². The molecular formula is C19H11F5N2O3S. The van der Waals surface area contributed by atoms with Crippen molar-refractivity contribution in [2.75, 3.05) is 11.9 Å². The highest BCUT2D eigenvalue weighted by molar-refractivity contribution is 8.18. The Morgan fingerprint density at radius 1 is 1.07 bits per heavy atom. The summed E-state index contributed by atoms with van der Waals surface area (Å²) in [6, 6.07) is 6.41. The third kappa shape index (κ3) is 4.85. The van der Waals surface area contributed by atoms with Crippen LogP contribution in [0.25, 0.3) is 6.08 Å². The molecule has 1 saturated heterocycles. The molecule has 156 valence electrons. The average molecular weight is 442 g/mol. The van der Waals surface area contributed by atoms with Crippen molar-refractivity contribution < 1.29 is 36.3 Å².